The van der Waals surface area contributed by atoms with Crippen molar-refractivity contribution in [3.05, 3.63) is 46.6 Å². The Morgan fingerprint density at radius 1 is 0.562 bits per heavy atom. The summed E-state index contributed by atoms with van der Waals surface area (Å²) >= 11 is 0. The minimum atomic E-state index is -5.68. The quantitative estimate of drug-likeness (QED) is 0.0376. The second-order valence-corrected chi connectivity index (χ2v) is 22.3. The van der Waals surface area contributed by atoms with Gasteiger partial charge < -0.3 is 85.0 Å². The average Bonchev–Trinajstić information content (AvgIpc) is 3.29. The van der Waals surface area contributed by atoms with Crippen molar-refractivity contribution in [2.45, 2.75) is 205 Å². The third-order valence-corrected chi connectivity index (χ3v) is 15.1. The van der Waals surface area contributed by atoms with Gasteiger partial charge in [0.05, 0.1) is 26.4 Å². The van der Waals surface area contributed by atoms with E-state index in [2.05, 4.69) is 73.9 Å². The van der Waals surface area contributed by atoms with E-state index in [1.54, 1.807) is 0 Å². The van der Waals surface area contributed by atoms with Gasteiger partial charge in [-0.15, -0.1) is 0 Å². The molecule has 18 atom stereocenters. The molecular weight excluding hydrogens is 1010 g/mol. The number of allylic oxidation sites excluding steroid dienone is 8. The summed E-state index contributed by atoms with van der Waals surface area (Å²) in [7, 11) is -11.0. The third-order valence-electron chi connectivity index (χ3n) is 12.5. The van der Waals surface area contributed by atoms with Crippen LogP contribution in [0.1, 0.15) is 113 Å². The van der Waals surface area contributed by atoms with Gasteiger partial charge in [-0.3, -0.25) is 18.6 Å². The van der Waals surface area contributed by atoms with E-state index < -0.39 is 139 Å². The number of hydrogen-bond acceptors (Lipinski definition) is 20. The molecule has 0 spiro atoms. The van der Waals surface area contributed by atoms with E-state index in [-0.39, 0.29) is 18.9 Å². The van der Waals surface area contributed by atoms with Crippen LogP contribution >= 0.6 is 15.6 Å². The Bertz CT molecular complexity index is 1950. The van der Waals surface area contributed by atoms with E-state index in [1.807, 2.05) is 6.92 Å². The molecule has 3 heterocycles. The Morgan fingerprint density at radius 2 is 1.00 bits per heavy atom. The van der Waals surface area contributed by atoms with Crippen molar-refractivity contribution in [3.63, 3.8) is 0 Å². The molecule has 0 saturated carbocycles. The van der Waals surface area contributed by atoms with E-state index >= 15 is 0 Å². The minimum absolute atomic E-state index is 0.0135. The number of phosphoric acid groups is 2. The molecule has 0 radical (unpaired) electrons. The van der Waals surface area contributed by atoms with Gasteiger partial charge in [-0.25, -0.2) is 9.13 Å². The average molecular weight is 1090 g/mol. The van der Waals surface area contributed by atoms with Crippen LogP contribution in [-0.2, 0) is 55.8 Å². The monoisotopic (exact) mass is 1090 g/mol. The highest BCUT2D eigenvalue weighted by molar-refractivity contribution is 7.61. The zero-order valence-electron chi connectivity index (χ0n) is 43.0. The number of aliphatic hydroxyl groups is 8. The SMILES string of the molecule is CC(=O)N[C@H]1[C@H](O[C@H]2[C@H](O)[C@@H](NC(C)=O)[C@@H](OP(=O)(O)OP(=O)(O)OCCC(C)CC/C=C(\C)CC/C=C(\C)CC/C=C(\C)CCC=C(C)C)O[C@@H]2CO)O[C@H](CO)[C@@H](O[C@@H]2O[C@H](CO)[C@@H](O)[C@H](O)[C@@H]2O)[C@@H]1O. The number of carbonyl (C=O) groups is 2. The van der Waals surface area contributed by atoms with Gasteiger partial charge in [-0.05, 0) is 98.3 Å². The van der Waals surface area contributed by atoms with Crippen LogP contribution in [0.25, 0.3) is 0 Å². The lowest BCUT2D eigenvalue weighted by atomic mass is 9.94. The summed E-state index contributed by atoms with van der Waals surface area (Å²) in [5.74, 6) is -1.63. The Morgan fingerprint density at radius 3 is 1.48 bits per heavy atom. The second kappa shape index (κ2) is 31.1. The van der Waals surface area contributed by atoms with Crippen molar-refractivity contribution in [3.8, 4) is 0 Å². The molecule has 3 saturated heterocycles. The van der Waals surface area contributed by atoms with Gasteiger partial charge in [0.25, 0.3) is 0 Å². The Kier molecular flexibility index (Phi) is 27.7. The van der Waals surface area contributed by atoms with E-state index in [4.69, 9.17) is 32.7 Å². The van der Waals surface area contributed by atoms with Gasteiger partial charge in [0.2, 0.25) is 11.8 Å². The molecule has 12 N–H and O–H groups in total. The standard InChI is InChI=1S/C47H82N2O22P2/c1-26(2)13-9-14-27(3)15-10-16-28(4)17-11-18-29(5)19-12-20-30(6)21-22-64-72(60,61)71-73(62,63)70-46-37(49-32(8)54)40(57)43(35(25-52)67-46)68-45-36(48-31(7)53)39(56)44(34(24-51)66-45)69-47-42(59)41(58)38(55)33(23-50)65-47/h13,15,17,19,30,33-47,50-52,55-59H,9-12,14,16,18,20-25H2,1-8H3,(H,48,53)(H,49,54)(H,60,61)(H,62,63)/b27-15+,28-17+,29-19+/t30?,33-,34-,35-,36-,37-,38-,39-,40-,41+,42+,43-,44-,45+,46-,47+/m1/s1. The van der Waals surface area contributed by atoms with E-state index in [0.29, 0.717) is 0 Å². The molecule has 0 aliphatic carbocycles. The van der Waals surface area contributed by atoms with Crippen LogP contribution in [0, 0.1) is 5.92 Å². The molecule has 26 heteroatoms. The van der Waals surface area contributed by atoms with Crippen LogP contribution in [0.4, 0.5) is 0 Å². The number of rotatable bonds is 29. The Balaban J connectivity index is 1.59. The van der Waals surface area contributed by atoms with Crippen LogP contribution in [0.2, 0.25) is 0 Å². The van der Waals surface area contributed by atoms with Crippen molar-refractivity contribution in [1.29, 1.82) is 0 Å². The largest absolute Gasteiger partial charge is 0.483 e. The van der Waals surface area contributed by atoms with Crippen molar-refractivity contribution in [1.82, 2.24) is 10.6 Å². The number of ether oxygens (including phenoxy) is 5. The molecule has 0 aromatic rings. The zero-order chi connectivity index (χ0) is 54.8. The number of nitrogens with one attached hydrogen (secondary N) is 2. The molecule has 3 rings (SSSR count). The first-order valence-corrected chi connectivity index (χ1v) is 27.6. The minimum Gasteiger partial charge on any atom is -0.394 e. The van der Waals surface area contributed by atoms with Gasteiger partial charge in [-0.2, -0.15) is 4.31 Å². The summed E-state index contributed by atoms with van der Waals surface area (Å²) < 4.78 is 69.1. The molecule has 3 unspecified atom stereocenters. The lowest BCUT2D eigenvalue weighted by molar-refractivity contribution is -0.360. The Labute approximate surface area is 427 Å². The lowest BCUT2D eigenvalue weighted by Gasteiger charge is -2.49. The molecule has 0 aromatic carbocycles. The molecule has 3 aliphatic heterocycles. The smallest absolute Gasteiger partial charge is 0.394 e. The number of hydrogen-bond donors (Lipinski definition) is 12. The van der Waals surface area contributed by atoms with Crippen LogP contribution in [0.3, 0.4) is 0 Å². The summed E-state index contributed by atoms with van der Waals surface area (Å²) in [4.78, 5) is 45.8. The molecule has 3 aliphatic rings. The summed E-state index contributed by atoms with van der Waals surface area (Å²) in [6.07, 6.45) is -6.95. The van der Waals surface area contributed by atoms with Gasteiger partial charge in [0.15, 0.2) is 18.9 Å². The summed E-state index contributed by atoms with van der Waals surface area (Å²) in [5.41, 5.74) is 5.33. The highest BCUT2D eigenvalue weighted by Gasteiger charge is 2.55. The first kappa shape index (κ1) is 64.9. The normalized spacial score (nSPS) is 33.6. The maximum Gasteiger partial charge on any atom is 0.483 e. The van der Waals surface area contributed by atoms with Crippen LogP contribution in [-0.4, -0.2) is 181 Å². The van der Waals surface area contributed by atoms with Crippen molar-refractivity contribution in [2.24, 2.45) is 5.92 Å². The summed E-state index contributed by atoms with van der Waals surface area (Å²) in [6.45, 7) is 11.4. The van der Waals surface area contributed by atoms with Crippen molar-refractivity contribution >= 4 is 27.5 Å². The molecule has 0 aromatic heterocycles. The molecule has 24 nitrogen and oxygen atoms in total. The van der Waals surface area contributed by atoms with Gasteiger partial charge >= 0.3 is 15.6 Å². The van der Waals surface area contributed by atoms with Gasteiger partial charge in [0, 0.05) is 13.8 Å². The van der Waals surface area contributed by atoms with Gasteiger partial charge in [0.1, 0.15) is 73.1 Å². The van der Waals surface area contributed by atoms with Crippen LogP contribution in [0.5, 0.6) is 0 Å². The topological polar surface area (TPSA) is 368 Å². The summed E-state index contributed by atoms with van der Waals surface area (Å²) in [6, 6.07) is -3.52. The van der Waals surface area contributed by atoms with Crippen LogP contribution < -0.4 is 10.6 Å². The van der Waals surface area contributed by atoms with Crippen LogP contribution in [0.15, 0.2) is 46.6 Å². The molecular formula is C47H82N2O22P2. The molecule has 3 fully saturated rings. The molecule has 73 heavy (non-hydrogen) atoms. The predicted molar refractivity (Wildman–Crippen MR) is 261 cm³/mol. The number of carbonyl (C=O) groups excluding carboxylic acids is 2. The fourth-order valence-electron chi connectivity index (χ4n) is 8.36. The molecule has 0 bridgehead atoms. The predicted octanol–water partition coefficient (Wildman–Crippen LogP) is 1.93. The first-order chi connectivity index (χ1) is 34.2. The third kappa shape index (κ3) is 21.5. The first-order valence-electron chi connectivity index (χ1n) is 24.6. The maximum atomic E-state index is 13.2. The van der Waals surface area contributed by atoms with E-state index in [0.717, 1.165) is 65.2 Å². The number of amides is 2. The van der Waals surface area contributed by atoms with Crippen molar-refractivity contribution in [2.75, 3.05) is 26.4 Å². The van der Waals surface area contributed by atoms with Gasteiger partial charge in [-0.1, -0.05) is 53.5 Å². The second-order valence-electron chi connectivity index (χ2n) is 19.3. The fraction of sp³-hybridized carbons (Fsp3) is 0.787. The molecule has 2 amide bonds. The lowest BCUT2D eigenvalue weighted by Crippen LogP contribution is -2.70. The van der Waals surface area contributed by atoms with Crippen molar-refractivity contribution < 1.29 is 106 Å². The zero-order valence-corrected chi connectivity index (χ0v) is 44.8. The highest BCUT2D eigenvalue weighted by atomic mass is 31.3. The Hall–Kier alpha value is -2.36. The number of phosphoric ester groups is 2. The van der Waals surface area contributed by atoms with E-state index in [9.17, 15) is 69.4 Å². The highest BCUT2D eigenvalue weighted by Crippen LogP contribution is 2.61. The maximum absolute atomic E-state index is 13.2. The van der Waals surface area contributed by atoms with E-state index in [1.165, 1.54) is 22.3 Å². The number of aliphatic hydroxyl groups excluding tert-OH is 8. The summed E-state index contributed by atoms with van der Waals surface area (Å²) in [5, 5.41) is 89.0. The molecule has 422 valence electrons. The fourth-order valence-corrected chi connectivity index (χ4v) is 10.5.